The summed E-state index contributed by atoms with van der Waals surface area (Å²) < 4.78 is 36.2. The summed E-state index contributed by atoms with van der Waals surface area (Å²) in [5, 5.41) is 7.74. The number of sulfonamides is 1. The van der Waals surface area contributed by atoms with Crippen LogP contribution < -0.4 is 9.46 Å². The summed E-state index contributed by atoms with van der Waals surface area (Å²) in [6.45, 7) is 1.77. The van der Waals surface area contributed by atoms with E-state index in [0.717, 1.165) is 0 Å². The second-order valence-electron chi connectivity index (χ2n) is 4.34. The van der Waals surface area contributed by atoms with Crippen LogP contribution in [0.3, 0.4) is 0 Å². The Balaban J connectivity index is 2.12. The van der Waals surface area contributed by atoms with Crippen molar-refractivity contribution in [3.05, 3.63) is 30.2 Å². The van der Waals surface area contributed by atoms with Crippen molar-refractivity contribution in [3.63, 3.8) is 0 Å². The third kappa shape index (κ3) is 4.02. The molecule has 0 unspecified atom stereocenters. The summed E-state index contributed by atoms with van der Waals surface area (Å²) in [6.07, 6.45) is 0.547. The van der Waals surface area contributed by atoms with E-state index < -0.39 is 10.0 Å². The fourth-order valence-electron chi connectivity index (χ4n) is 1.77. The minimum absolute atomic E-state index is 0.0233. The van der Waals surface area contributed by atoms with Gasteiger partial charge in [0.05, 0.1) is 25.0 Å². The molecule has 0 aliphatic rings. The van der Waals surface area contributed by atoms with Gasteiger partial charge in [-0.3, -0.25) is 0 Å². The normalized spacial score (nSPS) is 11.5. The molecule has 1 aromatic carbocycles. The Bertz CT molecular complexity index is 697. The van der Waals surface area contributed by atoms with E-state index in [1.807, 2.05) is 12.1 Å². The van der Waals surface area contributed by atoms with Crippen LogP contribution >= 0.6 is 0 Å². The van der Waals surface area contributed by atoms with Gasteiger partial charge in [-0.1, -0.05) is 19.1 Å². The minimum atomic E-state index is -3.30. The van der Waals surface area contributed by atoms with Gasteiger partial charge in [-0.2, -0.15) is 0 Å². The van der Waals surface area contributed by atoms with E-state index in [0.29, 0.717) is 17.7 Å². The van der Waals surface area contributed by atoms with E-state index in [-0.39, 0.29) is 24.1 Å². The van der Waals surface area contributed by atoms with Crippen LogP contribution in [0.1, 0.15) is 19.2 Å². The van der Waals surface area contributed by atoms with E-state index in [1.165, 1.54) is 0 Å². The van der Waals surface area contributed by atoms with Gasteiger partial charge < -0.3 is 9.15 Å². The molecule has 0 saturated carbocycles. The van der Waals surface area contributed by atoms with Gasteiger partial charge in [-0.25, -0.2) is 13.1 Å². The lowest BCUT2D eigenvalue weighted by Crippen LogP contribution is -2.25. The van der Waals surface area contributed by atoms with E-state index in [1.54, 1.807) is 26.2 Å². The molecule has 1 heterocycles. The fourth-order valence-corrected chi connectivity index (χ4v) is 2.79. The number of nitrogens with zero attached hydrogens (tertiary/aromatic N) is 2. The number of nitrogens with one attached hydrogen (secondary N) is 1. The average molecular weight is 311 g/mol. The van der Waals surface area contributed by atoms with Crippen LogP contribution in [0.5, 0.6) is 5.75 Å². The van der Waals surface area contributed by atoms with Gasteiger partial charge in [0.2, 0.25) is 15.9 Å². The summed E-state index contributed by atoms with van der Waals surface area (Å²) in [4.78, 5) is 0. The number of benzene rings is 1. The minimum Gasteiger partial charge on any atom is -0.496 e. The molecule has 0 saturated heterocycles. The molecular formula is C13H17N3O4S. The van der Waals surface area contributed by atoms with Crippen molar-refractivity contribution >= 4 is 10.0 Å². The second kappa shape index (κ2) is 6.68. The first kappa shape index (κ1) is 15.5. The molecule has 114 valence electrons. The van der Waals surface area contributed by atoms with Gasteiger partial charge in [0.1, 0.15) is 5.75 Å². The van der Waals surface area contributed by atoms with Crippen molar-refractivity contribution in [2.75, 3.05) is 12.9 Å². The first-order valence-electron chi connectivity index (χ1n) is 6.49. The lowest BCUT2D eigenvalue weighted by Gasteiger charge is -2.03. The highest BCUT2D eigenvalue weighted by Gasteiger charge is 2.15. The Morgan fingerprint density at radius 2 is 2.05 bits per heavy atom. The quantitative estimate of drug-likeness (QED) is 0.834. The first-order chi connectivity index (χ1) is 10.1. The van der Waals surface area contributed by atoms with Crippen LogP contribution in [0.2, 0.25) is 0 Å². The predicted molar refractivity (Wildman–Crippen MR) is 77.2 cm³/mol. The molecule has 0 radical (unpaired) electrons. The lowest BCUT2D eigenvalue weighted by atomic mass is 10.2. The maximum Gasteiger partial charge on any atom is 0.251 e. The maximum absolute atomic E-state index is 11.6. The highest BCUT2D eigenvalue weighted by atomic mass is 32.2. The standard InChI is InChI=1S/C13H17N3O4S/c1-3-8-21(17,18)14-9-12-15-16-13(20-12)10-6-4-5-7-11(10)19-2/h4-7,14H,3,8-9H2,1-2H3. The van der Waals surface area contributed by atoms with E-state index in [9.17, 15) is 8.42 Å². The Kier molecular flexibility index (Phi) is 4.92. The van der Waals surface area contributed by atoms with Crippen LogP contribution in [-0.2, 0) is 16.6 Å². The van der Waals surface area contributed by atoms with Crippen molar-refractivity contribution in [3.8, 4) is 17.2 Å². The molecule has 0 bridgehead atoms. The molecular weight excluding hydrogens is 294 g/mol. The first-order valence-corrected chi connectivity index (χ1v) is 8.14. The Labute approximate surface area is 123 Å². The molecule has 0 atom stereocenters. The SMILES string of the molecule is CCCS(=O)(=O)NCc1nnc(-c2ccccc2OC)o1. The highest BCUT2D eigenvalue weighted by molar-refractivity contribution is 7.89. The highest BCUT2D eigenvalue weighted by Crippen LogP contribution is 2.28. The van der Waals surface area contributed by atoms with Crippen molar-refractivity contribution < 1.29 is 17.6 Å². The molecule has 21 heavy (non-hydrogen) atoms. The Hall–Kier alpha value is -1.93. The molecule has 0 aliphatic carbocycles. The van der Waals surface area contributed by atoms with Crippen LogP contribution in [-0.4, -0.2) is 31.5 Å². The van der Waals surface area contributed by atoms with Gasteiger partial charge in [0.15, 0.2) is 0 Å². The molecule has 0 amide bonds. The maximum atomic E-state index is 11.6. The molecule has 1 N–H and O–H groups in total. The smallest absolute Gasteiger partial charge is 0.251 e. The molecule has 0 spiro atoms. The molecule has 2 rings (SSSR count). The van der Waals surface area contributed by atoms with Crippen molar-refractivity contribution in [1.29, 1.82) is 0 Å². The number of rotatable bonds is 7. The summed E-state index contributed by atoms with van der Waals surface area (Å²) >= 11 is 0. The number of methoxy groups -OCH3 is 1. The monoisotopic (exact) mass is 311 g/mol. The lowest BCUT2D eigenvalue weighted by molar-refractivity contribution is 0.413. The molecule has 8 heteroatoms. The topological polar surface area (TPSA) is 94.3 Å². The average Bonchev–Trinajstić information content (AvgIpc) is 2.94. The number of para-hydroxylation sites is 1. The third-order valence-electron chi connectivity index (χ3n) is 2.72. The molecule has 2 aromatic rings. The third-order valence-corrected chi connectivity index (χ3v) is 4.25. The number of ether oxygens (including phenoxy) is 1. The Morgan fingerprint density at radius 3 is 2.76 bits per heavy atom. The van der Waals surface area contributed by atoms with Crippen LogP contribution in [0, 0.1) is 0 Å². The Morgan fingerprint density at radius 1 is 1.29 bits per heavy atom. The molecule has 7 nitrogen and oxygen atoms in total. The van der Waals surface area contributed by atoms with Gasteiger partial charge >= 0.3 is 0 Å². The predicted octanol–water partition coefficient (Wildman–Crippen LogP) is 1.57. The van der Waals surface area contributed by atoms with E-state index in [2.05, 4.69) is 14.9 Å². The zero-order valence-corrected chi connectivity index (χ0v) is 12.7. The van der Waals surface area contributed by atoms with Gasteiger partial charge in [-0.05, 0) is 18.6 Å². The van der Waals surface area contributed by atoms with Crippen molar-refractivity contribution in [1.82, 2.24) is 14.9 Å². The summed E-state index contributed by atoms with van der Waals surface area (Å²) in [6, 6.07) is 7.23. The number of hydrogen-bond acceptors (Lipinski definition) is 6. The second-order valence-corrected chi connectivity index (χ2v) is 6.27. The van der Waals surface area contributed by atoms with Gasteiger partial charge in [0.25, 0.3) is 5.89 Å². The summed E-state index contributed by atoms with van der Waals surface area (Å²) in [7, 11) is -1.75. The number of aromatic nitrogens is 2. The van der Waals surface area contributed by atoms with Crippen LogP contribution in [0.15, 0.2) is 28.7 Å². The fraction of sp³-hybridized carbons (Fsp3) is 0.385. The summed E-state index contributed by atoms with van der Waals surface area (Å²) in [5.41, 5.74) is 0.662. The van der Waals surface area contributed by atoms with Crippen molar-refractivity contribution in [2.24, 2.45) is 0 Å². The van der Waals surface area contributed by atoms with E-state index >= 15 is 0 Å². The van der Waals surface area contributed by atoms with Gasteiger partial charge in [0, 0.05) is 0 Å². The van der Waals surface area contributed by atoms with Gasteiger partial charge in [-0.15, -0.1) is 10.2 Å². The van der Waals surface area contributed by atoms with Crippen LogP contribution in [0.4, 0.5) is 0 Å². The molecule has 0 fully saturated rings. The van der Waals surface area contributed by atoms with Crippen molar-refractivity contribution in [2.45, 2.75) is 19.9 Å². The van der Waals surface area contributed by atoms with E-state index in [4.69, 9.17) is 9.15 Å². The largest absolute Gasteiger partial charge is 0.496 e. The zero-order valence-electron chi connectivity index (χ0n) is 11.9. The summed E-state index contributed by atoms with van der Waals surface area (Å²) in [5.74, 6) is 1.17. The van der Waals surface area contributed by atoms with Crippen LogP contribution in [0.25, 0.3) is 11.5 Å². The molecule has 0 aliphatic heterocycles. The molecule has 1 aromatic heterocycles. The number of hydrogen-bond donors (Lipinski definition) is 1. The zero-order chi connectivity index (χ0) is 15.3.